The average molecular weight is 439 g/mol. The summed E-state index contributed by atoms with van der Waals surface area (Å²) < 4.78 is 10.9. The van der Waals surface area contributed by atoms with Crippen LogP contribution in [0, 0.1) is 0 Å². The van der Waals surface area contributed by atoms with Gasteiger partial charge < -0.3 is 29.9 Å². The number of fused-ring (bicyclic) bond motifs is 1. The number of amides is 3. The first-order chi connectivity index (χ1) is 15.3. The quantitative estimate of drug-likeness (QED) is 0.746. The minimum Gasteiger partial charge on any atom is -0.493 e. The summed E-state index contributed by atoms with van der Waals surface area (Å²) in [6, 6.07) is 13.1. The Morgan fingerprint density at radius 1 is 0.938 bits per heavy atom. The molecule has 0 aliphatic carbocycles. The molecule has 2 aliphatic rings. The standard InChI is InChI=1S/C24H30N4O4/c1-24(2,3)32-23(30)28-13-11-27(12-14-28)20-7-4-18(5-8-20)25-22(29)26-19-6-9-21-17(16-19)10-15-31-21/h4-9,16H,10-15H2,1-3H3,(H2,25,26,29). The SMILES string of the molecule is CC(C)(C)OC(=O)N1CCN(c2ccc(NC(=O)Nc3ccc4c(c3)CCO4)cc2)CC1. The summed E-state index contributed by atoms with van der Waals surface area (Å²) in [4.78, 5) is 28.5. The molecule has 2 aromatic carbocycles. The number of rotatable bonds is 3. The van der Waals surface area contributed by atoms with Crippen LogP contribution in [0.15, 0.2) is 42.5 Å². The molecule has 0 spiro atoms. The summed E-state index contributed by atoms with van der Waals surface area (Å²) in [7, 11) is 0. The predicted molar refractivity (Wildman–Crippen MR) is 125 cm³/mol. The molecular weight excluding hydrogens is 408 g/mol. The number of carbonyl (C=O) groups excluding carboxylic acids is 2. The fraction of sp³-hybridized carbons (Fsp3) is 0.417. The normalized spacial score (nSPS) is 15.6. The van der Waals surface area contributed by atoms with E-state index in [1.54, 1.807) is 4.90 Å². The predicted octanol–water partition coefficient (Wildman–Crippen LogP) is 4.32. The number of hydrogen-bond acceptors (Lipinski definition) is 5. The fourth-order valence-electron chi connectivity index (χ4n) is 3.79. The molecule has 0 bridgehead atoms. The van der Waals surface area contributed by atoms with Gasteiger partial charge in [0, 0.05) is 49.7 Å². The highest BCUT2D eigenvalue weighted by Crippen LogP contribution is 2.28. The van der Waals surface area contributed by atoms with Crippen molar-refractivity contribution in [2.24, 2.45) is 0 Å². The number of nitrogens with one attached hydrogen (secondary N) is 2. The van der Waals surface area contributed by atoms with Crippen LogP contribution in [0.4, 0.5) is 26.7 Å². The van der Waals surface area contributed by atoms with E-state index in [2.05, 4.69) is 15.5 Å². The van der Waals surface area contributed by atoms with Crippen LogP contribution in [0.25, 0.3) is 0 Å². The maximum Gasteiger partial charge on any atom is 0.410 e. The van der Waals surface area contributed by atoms with Crippen LogP contribution in [-0.4, -0.2) is 55.4 Å². The van der Waals surface area contributed by atoms with Gasteiger partial charge in [-0.25, -0.2) is 9.59 Å². The van der Waals surface area contributed by atoms with Gasteiger partial charge >= 0.3 is 12.1 Å². The highest BCUT2D eigenvalue weighted by molar-refractivity contribution is 6.00. The Kier molecular flexibility index (Phi) is 6.12. The van der Waals surface area contributed by atoms with Crippen molar-refractivity contribution < 1.29 is 19.1 Å². The van der Waals surface area contributed by atoms with E-state index >= 15 is 0 Å². The summed E-state index contributed by atoms with van der Waals surface area (Å²) in [6.07, 6.45) is 0.596. The summed E-state index contributed by atoms with van der Waals surface area (Å²) >= 11 is 0. The van der Waals surface area contributed by atoms with Gasteiger partial charge in [0.25, 0.3) is 0 Å². The van der Waals surface area contributed by atoms with Crippen LogP contribution in [0.1, 0.15) is 26.3 Å². The maximum absolute atomic E-state index is 12.4. The molecule has 170 valence electrons. The van der Waals surface area contributed by atoms with Gasteiger partial charge in [-0.3, -0.25) is 0 Å². The lowest BCUT2D eigenvalue weighted by Crippen LogP contribution is -2.50. The van der Waals surface area contributed by atoms with E-state index in [-0.39, 0.29) is 12.1 Å². The first-order valence-corrected chi connectivity index (χ1v) is 10.9. The molecule has 3 amide bonds. The van der Waals surface area contributed by atoms with Gasteiger partial charge in [-0.1, -0.05) is 0 Å². The number of carbonyl (C=O) groups is 2. The zero-order valence-electron chi connectivity index (χ0n) is 18.8. The molecule has 2 aliphatic heterocycles. The van der Waals surface area contributed by atoms with Crippen LogP contribution >= 0.6 is 0 Å². The maximum atomic E-state index is 12.4. The van der Waals surface area contributed by atoms with Gasteiger partial charge in [-0.05, 0) is 68.8 Å². The molecule has 2 N–H and O–H groups in total. The molecule has 0 atom stereocenters. The summed E-state index contributed by atoms with van der Waals surface area (Å²) in [5.74, 6) is 0.887. The largest absolute Gasteiger partial charge is 0.493 e. The smallest absolute Gasteiger partial charge is 0.410 e. The Morgan fingerprint density at radius 2 is 1.59 bits per heavy atom. The molecule has 2 aromatic rings. The average Bonchev–Trinajstić information content (AvgIpc) is 3.21. The summed E-state index contributed by atoms with van der Waals surface area (Å²) in [6.45, 7) is 9.00. The van der Waals surface area contributed by atoms with Crippen molar-refractivity contribution in [3.05, 3.63) is 48.0 Å². The lowest BCUT2D eigenvalue weighted by molar-refractivity contribution is 0.0240. The molecule has 8 nitrogen and oxygen atoms in total. The van der Waals surface area contributed by atoms with Gasteiger partial charge in [0.1, 0.15) is 11.4 Å². The number of hydrogen-bond donors (Lipinski definition) is 2. The van der Waals surface area contributed by atoms with E-state index in [0.717, 1.165) is 42.2 Å². The van der Waals surface area contributed by atoms with Crippen LogP contribution in [0.2, 0.25) is 0 Å². The Labute approximate surface area is 188 Å². The fourth-order valence-corrected chi connectivity index (χ4v) is 3.79. The van der Waals surface area contributed by atoms with E-state index in [4.69, 9.17) is 9.47 Å². The second-order valence-electron chi connectivity index (χ2n) is 9.00. The molecule has 2 heterocycles. The molecule has 0 saturated carbocycles. The highest BCUT2D eigenvalue weighted by Gasteiger charge is 2.26. The van der Waals surface area contributed by atoms with E-state index in [1.807, 2.05) is 63.2 Å². The molecule has 8 heteroatoms. The van der Waals surface area contributed by atoms with Crippen molar-refractivity contribution in [2.75, 3.05) is 48.3 Å². The monoisotopic (exact) mass is 438 g/mol. The van der Waals surface area contributed by atoms with E-state index < -0.39 is 5.60 Å². The summed E-state index contributed by atoms with van der Waals surface area (Å²) in [5.41, 5.74) is 3.13. The minimum absolute atomic E-state index is 0.265. The topological polar surface area (TPSA) is 83.1 Å². The third-order valence-corrected chi connectivity index (χ3v) is 5.37. The molecule has 32 heavy (non-hydrogen) atoms. The van der Waals surface area contributed by atoms with E-state index in [9.17, 15) is 9.59 Å². The third kappa shape index (κ3) is 5.43. The Balaban J connectivity index is 1.27. The van der Waals surface area contributed by atoms with Gasteiger partial charge in [-0.15, -0.1) is 0 Å². The summed E-state index contributed by atoms with van der Waals surface area (Å²) in [5, 5.41) is 5.73. The van der Waals surface area contributed by atoms with Gasteiger partial charge in [-0.2, -0.15) is 0 Å². The lowest BCUT2D eigenvalue weighted by atomic mass is 10.1. The molecule has 0 aromatic heterocycles. The number of piperazine rings is 1. The van der Waals surface area contributed by atoms with E-state index in [0.29, 0.717) is 25.4 Å². The molecule has 1 fully saturated rings. The van der Waals surface area contributed by atoms with Crippen LogP contribution in [-0.2, 0) is 11.2 Å². The molecule has 1 saturated heterocycles. The van der Waals surface area contributed by atoms with Crippen molar-refractivity contribution >= 4 is 29.2 Å². The lowest BCUT2D eigenvalue weighted by Gasteiger charge is -2.36. The van der Waals surface area contributed by atoms with E-state index in [1.165, 1.54) is 0 Å². The van der Waals surface area contributed by atoms with Gasteiger partial charge in [0.2, 0.25) is 0 Å². The Hall–Kier alpha value is -3.42. The van der Waals surface area contributed by atoms with Crippen LogP contribution in [0.3, 0.4) is 0 Å². The number of ether oxygens (including phenoxy) is 2. The third-order valence-electron chi connectivity index (χ3n) is 5.37. The first kappa shape index (κ1) is 21.8. The minimum atomic E-state index is -0.488. The first-order valence-electron chi connectivity index (χ1n) is 10.9. The van der Waals surface area contributed by atoms with Crippen molar-refractivity contribution in [1.29, 1.82) is 0 Å². The Morgan fingerprint density at radius 3 is 2.28 bits per heavy atom. The van der Waals surface area contributed by atoms with Gasteiger partial charge in [0.15, 0.2) is 0 Å². The second kappa shape index (κ2) is 8.98. The van der Waals surface area contributed by atoms with Crippen LogP contribution in [0.5, 0.6) is 5.75 Å². The number of benzene rings is 2. The van der Waals surface area contributed by atoms with Crippen molar-refractivity contribution in [3.8, 4) is 5.75 Å². The van der Waals surface area contributed by atoms with Crippen molar-refractivity contribution in [1.82, 2.24) is 4.90 Å². The molecule has 0 radical (unpaired) electrons. The Bertz CT molecular complexity index is 976. The van der Waals surface area contributed by atoms with Gasteiger partial charge in [0.05, 0.1) is 6.61 Å². The molecular formula is C24H30N4O4. The second-order valence-corrected chi connectivity index (χ2v) is 9.00. The molecule has 0 unspecified atom stereocenters. The van der Waals surface area contributed by atoms with Crippen molar-refractivity contribution in [3.63, 3.8) is 0 Å². The number of anilines is 3. The molecule has 4 rings (SSSR count). The van der Waals surface area contributed by atoms with Crippen molar-refractivity contribution in [2.45, 2.75) is 32.8 Å². The number of urea groups is 1. The zero-order chi connectivity index (χ0) is 22.7. The number of nitrogens with zero attached hydrogens (tertiary/aromatic N) is 2. The van der Waals surface area contributed by atoms with Crippen LogP contribution < -0.4 is 20.3 Å². The zero-order valence-corrected chi connectivity index (χ0v) is 18.8. The highest BCUT2D eigenvalue weighted by atomic mass is 16.6.